The van der Waals surface area contributed by atoms with E-state index in [1.165, 1.54) is 19.3 Å². The molecule has 132 valence electrons. The summed E-state index contributed by atoms with van der Waals surface area (Å²) in [5.41, 5.74) is 1.07. The number of pyridine rings is 1. The van der Waals surface area contributed by atoms with Crippen molar-refractivity contribution >= 4 is 6.03 Å². The number of nitrogens with one attached hydrogen (secondary N) is 1. The van der Waals surface area contributed by atoms with Gasteiger partial charge in [0.05, 0.1) is 6.61 Å². The minimum absolute atomic E-state index is 0.131. The van der Waals surface area contributed by atoms with Gasteiger partial charge in [0.2, 0.25) is 0 Å². The topological polar surface area (TPSA) is 54.5 Å². The molecule has 24 heavy (non-hydrogen) atoms. The predicted molar refractivity (Wildman–Crippen MR) is 94.2 cm³/mol. The molecule has 1 aliphatic heterocycles. The maximum absolute atomic E-state index is 12.4. The van der Waals surface area contributed by atoms with Crippen LogP contribution in [0.1, 0.15) is 50.5 Å². The number of carbonyl (C=O) groups excluding carboxylic acids is 1. The molecule has 1 aromatic rings. The third-order valence-electron chi connectivity index (χ3n) is 5.28. The standard InChI is InChI=1S/C19H29N3O2/c1-15-13-20-10-7-18(15)24-14-16-8-11-22(12-9-16)19(23)21-17-5-3-2-4-6-17/h7,10,13,16-17H,2-6,8-9,11-12,14H2,1H3,(H,21,23). The first kappa shape index (κ1) is 17.1. The van der Waals surface area contributed by atoms with E-state index >= 15 is 0 Å². The first-order chi connectivity index (χ1) is 11.7. The van der Waals surface area contributed by atoms with Crippen molar-refractivity contribution < 1.29 is 9.53 Å². The molecule has 3 rings (SSSR count). The van der Waals surface area contributed by atoms with Crippen molar-refractivity contribution in [3.8, 4) is 5.75 Å². The van der Waals surface area contributed by atoms with E-state index < -0.39 is 0 Å². The zero-order chi connectivity index (χ0) is 16.8. The van der Waals surface area contributed by atoms with Gasteiger partial charge in [-0.05, 0) is 44.6 Å². The van der Waals surface area contributed by atoms with E-state index in [2.05, 4.69) is 10.3 Å². The lowest BCUT2D eigenvalue weighted by Gasteiger charge is -2.34. The fraction of sp³-hybridized carbons (Fsp3) is 0.684. The molecule has 5 heteroatoms. The van der Waals surface area contributed by atoms with E-state index in [1.54, 1.807) is 6.20 Å². The van der Waals surface area contributed by atoms with Crippen LogP contribution < -0.4 is 10.1 Å². The smallest absolute Gasteiger partial charge is 0.317 e. The highest BCUT2D eigenvalue weighted by Crippen LogP contribution is 2.22. The van der Waals surface area contributed by atoms with E-state index in [9.17, 15) is 4.79 Å². The van der Waals surface area contributed by atoms with Crippen molar-refractivity contribution in [3.63, 3.8) is 0 Å². The van der Waals surface area contributed by atoms with Crippen LogP contribution in [0.5, 0.6) is 5.75 Å². The quantitative estimate of drug-likeness (QED) is 0.918. The van der Waals surface area contributed by atoms with Gasteiger partial charge in [-0.15, -0.1) is 0 Å². The van der Waals surface area contributed by atoms with Gasteiger partial charge in [0.25, 0.3) is 0 Å². The van der Waals surface area contributed by atoms with Crippen LogP contribution in [-0.2, 0) is 0 Å². The van der Waals surface area contributed by atoms with Gasteiger partial charge in [0.1, 0.15) is 5.75 Å². The summed E-state index contributed by atoms with van der Waals surface area (Å²) >= 11 is 0. The Bertz CT molecular complexity index is 535. The lowest BCUT2D eigenvalue weighted by atomic mass is 9.95. The maximum atomic E-state index is 12.4. The summed E-state index contributed by atoms with van der Waals surface area (Å²) < 4.78 is 5.93. The first-order valence-corrected chi connectivity index (χ1v) is 9.31. The van der Waals surface area contributed by atoms with Crippen LogP contribution in [0.3, 0.4) is 0 Å². The van der Waals surface area contributed by atoms with E-state index in [0.717, 1.165) is 56.7 Å². The number of rotatable bonds is 4. The average Bonchev–Trinajstić information content (AvgIpc) is 2.62. The van der Waals surface area contributed by atoms with Crippen LogP contribution >= 0.6 is 0 Å². The minimum atomic E-state index is 0.131. The fourth-order valence-electron chi connectivity index (χ4n) is 3.65. The number of nitrogens with zero attached hydrogens (tertiary/aromatic N) is 2. The molecule has 0 spiro atoms. The Hall–Kier alpha value is -1.78. The van der Waals surface area contributed by atoms with E-state index in [4.69, 9.17) is 4.74 Å². The average molecular weight is 331 g/mol. The maximum Gasteiger partial charge on any atom is 0.317 e. The van der Waals surface area contributed by atoms with Gasteiger partial charge in [0.15, 0.2) is 0 Å². The highest BCUT2D eigenvalue weighted by Gasteiger charge is 2.25. The van der Waals surface area contributed by atoms with Crippen molar-refractivity contribution in [1.29, 1.82) is 0 Å². The molecule has 2 aliphatic rings. The second kappa shape index (κ2) is 8.36. The van der Waals surface area contributed by atoms with Gasteiger partial charge in [0, 0.05) is 37.1 Å². The molecular weight excluding hydrogens is 302 g/mol. The summed E-state index contributed by atoms with van der Waals surface area (Å²) in [6.45, 7) is 4.41. The number of aromatic nitrogens is 1. The molecule has 1 aromatic heterocycles. The van der Waals surface area contributed by atoms with Gasteiger partial charge < -0.3 is 15.0 Å². The number of hydrogen-bond donors (Lipinski definition) is 1. The Morgan fingerprint density at radius 3 is 2.71 bits per heavy atom. The Morgan fingerprint density at radius 2 is 2.00 bits per heavy atom. The number of aryl methyl sites for hydroxylation is 1. The van der Waals surface area contributed by atoms with Crippen molar-refractivity contribution in [2.24, 2.45) is 5.92 Å². The molecule has 2 heterocycles. The summed E-state index contributed by atoms with van der Waals surface area (Å²) in [4.78, 5) is 18.4. The largest absolute Gasteiger partial charge is 0.493 e. The van der Waals surface area contributed by atoms with Gasteiger partial charge in [-0.25, -0.2) is 4.79 Å². The minimum Gasteiger partial charge on any atom is -0.493 e. The molecular formula is C19H29N3O2. The Labute approximate surface area is 144 Å². The number of hydrogen-bond acceptors (Lipinski definition) is 3. The Balaban J connectivity index is 1.39. The number of ether oxygens (including phenoxy) is 1. The molecule has 0 atom stereocenters. The number of likely N-dealkylation sites (tertiary alicyclic amines) is 1. The third kappa shape index (κ3) is 4.62. The molecule has 5 nitrogen and oxygen atoms in total. The summed E-state index contributed by atoms with van der Waals surface area (Å²) in [5, 5.41) is 3.22. The Kier molecular flexibility index (Phi) is 5.94. The Morgan fingerprint density at radius 1 is 1.25 bits per heavy atom. The third-order valence-corrected chi connectivity index (χ3v) is 5.28. The highest BCUT2D eigenvalue weighted by molar-refractivity contribution is 5.74. The number of amides is 2. The molecule has 1 N–H and O–H groups in total. The molecule has 0 radical (unpaired) electrons. The van der Waals surface area contributed by atoms with Crippen LogP contribution in [0.15, 0.2) is 18.5 Å². The molecule has 0 aromatic carbocycles. The lowest BCUT2D eigenvalue weighted by Crippen LogP contribution is -2.48. The van der Waals surface area contributed by atoms with Crippen LogP contribution in [0.4, 0.5) is 4.79 Å². The monoisotopic (exact) mass is 331 g/mol. The van der Waals surface area contributed by atoms with Crippen molar-refractivity contribution in [2.75, 3.05) is 19.7 Å². The molecule has 0 bridgehead atoms. The number of piperidine rings is 1. The second-order valence-electron chi connectivity index (χ2n) is 7.17. The molecule has 1 saturated carbocycles. The number of urea groups is 1. The van der Waals surface area contributed by atoms with Gasteiger partial charge in [-0.1, -0.05) is 19.3 Å². The lowest BCUT2D eigenvalue weighted by molar-refractivity contribution is 0.141. The van der Waals surface area contributed by atoms with Gasteiger partial charge in [-0.3, -0.25) is 4.98 Å². The summed E-state index contributed by atoms with van der Waals surface area (Å²) in [6.07, 6.45) is 11.7. The van der Waals surface area contributed by atoms with Crippen molar-refractivity contribution in [2.45, 2.75) is 57.9 Å². The SMILES string of the molecule is Cc1cnccc1OCC1CCN(C(=O)NC2CCCCC2)CC1. The second-order valence-corrected chi connectivity index (χ2v) is 7.17. The fourth-order valence-corrected chi connectivity index (χ4v) is 3.65. The van der Waals surface area contributed by atoms with E-state index in [-0.39, 0.29) is 6.03 Å². The molecule has 1 saturated heterocycles. The van der Waals surface area contributed by atoms with Gasteiger partial charge in [-0.2, -0.15) is 0 Å². The zero-order valence-corrected chi connectivity index (χ0v) is 14.7. The normalized spacial score (nSPS) is 20.0. The molecule has 2 fully saturated rings. The molecule has 1 aliphatic carbocycles. The van der Waals surface area contributed by atoms with E-state index in [0.29, 0.717) is 12.0 Å². The van der Waals surface area contributed by atoms with Crippen LogP contribution in [0.2, 0.25) is 0 Å². The summed E-state index contributed by atoms with van der Waals surface area (Å²) in [5.74, 6) is 1.44. The zero-order valence-electron chi connectivity index (χ0n) is 14.7. The first-order valence-electron chi connectivity index (χ1n) is 9.31. The summed E-state index contributed by atoms with van der Waals surface area (Å²) in [6, 6.07) is 2.44. The van der Waals surface area contributed by atoms with Crippen LogP contribution in [0, 0.1) is 12.8 Å². The van der Waals surface area contributed by atoms with Crippen molar-refractivity contribution in [1.82, 2.24) is 15.2 Å². The number of carbonyl (C=O) groups is 1. The molecule has 0 unspecified atom stereocenters. The highest BCUT2D eigenvalue weighted by atomic mass is 16.5. The van der Waals surface area contributed by atoms with Crippen LogP contribution in [-0.4, -0.2) is 41.7 Å². The molecule has 2 amide bonds. The van der Waals surface area contributed by atoms with E-state index in [1.807, 2.05) is 24.1 Å². The summed E-state index contributed by atoms with van der Waals surface area (Å²) in [7, 11) is 0. The van der Waals surface area contributed by atoms with Crippen LogP contribution in [0.25, 0.3) is 0 Å². The predicted octanol–water partition coefficient (Wildman–Crippen LogP) is 3.52. The van der Waals surface area contributed by atoms with Crippen molar-refractivity contribution in [3.05, 3.63) is 24.0 Å². The van der Waals surface area contributed by atoms with Gasteiger partial charge >= 0.3 is 6.03 Å².